The van der Waals surface area contributed by atoms with Gasteiger partial charge in [0.25, 0.3) is 0 Å². The number of hydrogen-bond acceptors (Lipinski definition) is 6. The topological polar surface area (TPSA) is 53.9 Å². The van der Waals surface area contributed by atoms with Gasteiger partial charge in [-0.3, -0.25) is 0 Å². The van der Waals surface area contributed by atoms with Crippen molar-refractivity contribution < 1.29 is 0 Å². The summed E-state index contributed by atoms with van der Waals surface area (Å²) >= 11 is 1.60. The van der Waals surface area contributed by atoms with Gasteiger partial charge in [0.1, 0.15) is 11.6 Å². The van der Waals surface area contributed by atoms with Crippen LogP contribution in [0.2, 0.25) is 0 Å². The quantitative estimate of drug-likeness (QED) is 0.935. The molecule has 1 aliphatic heterocycles. The number of rotatable bonds is 4. The SMILES string of the molecule is Cc1csc(Nc2cc(C3CCN(C(C)C)C3)nc(C)n2)n1. The van der Waals surface area contributed by atoms with E-state index in [-0.39, 0.29) is 0 Å². The third-order valence-corrected chi connectivity index (χ3v) is 4.96. The summed E-state index contributed by atoms with van der Waals surface area (Å²) in [5.74, 6) is 2.17. The monoisotopic (exact) mass is 317 g/mol. The second-order valence-electron chi connectivity index (χ2n) is 6.22. The zero-order valence-electron chi connectivity index (χ0n) is 13.6. The molecular formula is C16H23N5S. The van der Waals surface area contributed by atoms with Crippen LogP contribution in [-0.2, 0) is 0 Å². The summed E-state index contributed by atoms with van der Waals surface area (Å²) in [4.78, 5) is 16.1. The molecule has 1 saturated heterocycles. The number of likely N-dealkylation sites (tertiary alicyclic amines) is 1. The Morgan fingerprint density at radius 2 is 2.09 bits per heavy atom. The van der Waals surface area contributed by atoms with Gasteiger partial charge in [-0.25, -0.2) is 15.0 Å². The average Bonchev–Trinajstić information content (AvgIpc) is 3.07. The maximum atomic E-state index is 4.66. The number of nitrogens with one attached hydrogen (secondary N) is 1. The smallest absolute Gasteiger partial charge is 0.188 e. The van der Waals surface area contributed by atoms with E-state index in [9.17, 15) is 0 Å². The summed E-state index contributed by atoms with van der Waals surface area (Å²) < 4.78 is 0. The molecule has 1 fully saturated rings. The van der Waals surface area contributed by atoms with Crippen molar-refractivity contribution in [2.24, 2.45) is 0 Å². The fourth-order valence-electron chi connectivity index (χ4n) is 2.88. The van der Waals surface area contributed by atoms with Crippen LogP contribution in [-0.4, -0.2) is 39.0 Å². The van der Waals surface area contributed by atoms with E-state index in [0.29, 0.717) is 12.0 Å². The normalized spacial score (nSPS) is 19.0. The molecule has 2 aromatic rings. The van der Waals surface area contributed by atoms with Gasteiger partial charge >= 0.3 is 0 Å². The van der Waals surface area contributed by atoms with Gasteiger partial charge in [-0.15, -0.1) is 11.3 Å². The number of hydrogen-bond donors (Lipinski definition) is 1. The van der Waals surface area contributed by atoms with Gasteiger partial charge in [0.05, 0.1) is 11.4 Å². The Morgan fingerprint density at radius 1 is 1.27 bits per heavy atom. The van der Waals surface area contributed by atoms with Crippen LogP contribution in [0.3, 0.4) is 0 Å². The van der Waals surface area contributed by atoms with Gasteiger partial charge in [0.15, 0.2) is 5.13 Å². The highest BCUT2D eigenvalue weighted by Gasteiger charge is 2.26. The van der Waals surface area contributed by atoms with Crippen molar-refractivity contribution in [3.05, 3.63) is 28.7 Å². The Kier molecular flexibility index (Phi) is 4.40. The number of aryl methyl sites for hydroxylation is 2. The van der Waals surface area contributed by atoms with Crippen molar-refractivity contribution in [2.45, 2.75) is 46.1 Å². The predicted molar refractivity (Wildman–Crippen MR) is 91.0 cm³/mol. The van der Waals surface area contributed by atoms with E-state index in [4.69, 9.17) is 0 Å². The fourth-order valence-corrected chi connectivity index (χ4v) is 3.58. The van der Waals surface area contributed by atoms with Gasteiger partial charge < -0.3 is 10.2 Å². The van der Waals surface area contributed by atoms with Crippen LogP contribution < -0.4 is 5.32 Å². The van der Waals surface area contributed by atoms with Crippen molar-refractivity contribution in [2.75, 3.05) is 18.4 Å². The molecule has 0 amide bonds. The molecule has 3 rings (SSSR count). The third kappa shape index (κ3) is 3.44. The van der Waals surface area contributed by atoms with E-state index in [2.05, 4.69) is 45.1 Å². The standard InChI is InChI=1S/C16H23N5S/c1-10(2)21-6-5-13(8-21)14-7-15(19-12(4)18-14)20-16-17-11(3)9-22-16/h7,9-10,13H,5-6,8H2,1-4H3,(H,17,18,19,20). The molecule has 5 nitrogen and oxygen atoms in total. The molecule has 3 heterocycles. The molecule has 1 aliphatic rings. The zero-order chi connectivity index (χ0) is 15.7. The Bertz CT molecular complexity index is 652. The van der Waals surface area contributed by atoms with Crippen LogP contribution >= 0.6 is 11.3 Å². The number of thiazole rings is 1. The molecule has 0 radical (unpaired) electrons. The molecule has 2 aromatic heterocycles. The van der Waals surface area contributed by atoms with Crippen molar-refractivity contribution in [3.8, 4) is 0 Å². The first kappa shape index (κ1) is 15.4. The molecule has 0 saturated carbocycles. The molecule has 118 valence electrons. The Hall–Kier alpha value is -1.53. The first-order valence-electron chi connectivity index (χ1n) is 7.80. The van der Waals surface area contributed by atoms with E-state index < -0.39 is 0 Å². The molecule has 0 aliphatic carbocycles. The fraction of sp³-hybridized carbons (Fsp3) is 0.562. The maximum Gasteiger partial charge on any atom is 0.188 e. The van der Waals surface area contributed by atoms with Crippen molar-refractivity contribution in [1.29, 1.82) is 0 Å². The summed E-state index contributed by atoms with van der Waals surface area (Å²) in [6.07, 6.45) is 1.17. The molecule has 0 aromatic carbocycles. The second-order valence-corrected chi connectivity index (χ2v) is 7.08. The molecule has 6 heteroatoms. The van der Waals surface area contributed by atoms with E-state index in [1.54, 1.807) is 11.3 Å². The summed E-state index contributed by atoms with van der Waals surface area (Å²) in [5.41, 5.74) is 2.17. The Morgan fingerprint density at radius 3 is 2.73 bits per heavy atom. The Balaban J connectivity index is 1.78. The molecular weight excluding hydrogens is 294 g/mol. The lowest BCUT2D eigenvalue weighted by Gasteiger charge is -2.20. The van der Waals surface area contributed by atoms with Crippen molar-refractivity contribution >= 4 is 22.3 Å². The molecule has 0 spiro atoms. The van der Waals surface area contributed by atoms with Crippen LogP contribution in [0.25, 0.3) is 0 Å². The maximum absolute atomic E-state index is 4.66. The minimum Gasteiger partial charge on any atom is -0.316 e. The van der Waals surface area contributed by atoms with E-state index in [1.165, 1.54) is 6.42 Å². The lowest BCUT2D eigenvalue weighted by atomic mass is 10.0. The van der Waals surface area contributed by atoms with Crippen LogP contribution in [0.5, 0.6) is 0 Å². The Labute approximate surface area is 135 Å². The summed E-state index contributed by atoms with van der Waals surface area (Å²) in [7, 11) is 0. The highest BCUT2D eigenvalue weighted by molar-refractivity contribution is 7.13. The van der Waals surface area contributed by atoms with Crippen LogP contribution in [0.4, 0.5) is 10.9 Å². The summed E-state index contributed by atoms with van der Waals surface area (Å²) in [6, 6.07) is 2.68. The van der Waals surface area contributed by atoms with Gasteiger partial charge in [-0.05, 0) is 40.7 Å². The van der Waals surface area contributed by atoms with Crippen molar-refractivity contribution in [1.82, 2.24) is 19.9 Å². The zero-order valence-corrected chi connectivity index (χ0v) is 14.4. The van der Waals surface area contributed by atoms with E-state index >= 15 is 0 Å². The lowest BCUT2D eigenvalue weighted by molar-refractivity contribution is 0.272. The highest BCUT2D eigenvalue weighted by atomic mass is 32.1. The van der Waals surface area contributed by atoms with Crippen LogP contribution in [0.1, 0.15) is 43.4 Å². The van der Waals surface area contributed by atoms with Crippen LogP contribution in [0.15, 0.2) is 11.4 Å². The minimum absolute atomic E-state index is 0.502. The molecule has 22 heavy (non-hydrogen) atoms. The first-order chi connectivity index (χ1) is 10.5. The predicted octanol–water partition coefficient (Wildman–Crippen LogP) is 3.49. The summed E-state index contributed by atoms with van der Waals surface area (Å²) in [5, 5.41) is 6.23. The largest absolute Gasteiger partial charge is 0.316 e. The van der Waals surface area contributed by atoms with E-state index in [1.807, 2.05) is 19.2 Å². The molecule has 1 atom stereocenters. The summed E-state index contributed by atoms with van der Waals surface area (Å²) in [6.45, 7) is 10.7. The van der Waals surface area contributed by atoms with Gasteiger partial charge in [-0.2, -0.15) is 0 Å². The minimum atomic E-state index is 0.502. The number of aromatic nitrogens is 3. The molecule has 1 unspecified atom stereocenters. The third-order valence-electron chi connectivity index (χ3n) is 4.08. The van der Waals surface area contributed by atoms with Gasteiger partial charge in [-0.1, -0.05) is 0 Å². The van der Waals surface area contributed by atoms with E-state index in [0.717, 1.165) is 41.3 Å². The van der Waals surface area contributed by atoms with Gasteiger partial charge in [0.2, 0.25) is 0 Å². The average molecular weight is 317 g/mol. The lowest BCUT2D eigenvalue weighted by Crippen LogP contribution is -2.28. The first-order valence-corrected chi connectivity index (χ1v) is 8.68. The van der Waals surface area contributed by atoms with Gasteiger partial charge in [0, 0.05) is 30.0 Å². The molecule has 1 N–H and O–H groups in total. The van der Waals surface area contributed by atoms with Crippen LogP contribution in [0, 0.1) is 13.8 Å². The second kappa shape index (κ2) is 6.30. The number of anilines is 2. The highest BCUT2D eigenvalue weighted by Crippen LogP contribution is 2.29. The van der Waals surface area contributed by atoms with Crippen molar-refractivity contribution in [3.63, 3.8) is 0 Å². The molecule has 0 bridgehead atoms. The number of nitrogens with zero attached hydrogens (tertiary/aromatic N) is 4.